The monoisotopic (exact) mass is 355 g/mol. The summed E-state index contributed by atoms with van der Waals surface area (Å²) in [7, 11) is -3.74. The van der Waals surface area contributed by atoms with Gasteiger partial charge in [-0.1, -0.05) is 36.4 Å². The molecule has 1 aromatic heterocycles. The maximum atomic E-state index is 13.1. The highest BCUT2D eigenvalue weighted by Crippen LogP contribution is 2.39. The van der Waals surface area contributed by atoms with Gasteiger partial charge in [-0.15, -0.1) is 0 Å². The van der Waals surface area contributed by atoms with E-state index in [0.717, 1.165) is 11.3 Å². The molecule has 0 spiro atoms. The lowest BCUT2D eigenvalue weighted by molar-refractivity contribution is 0.272. The SMILES string of the molecule is O=S(=O)(c1cnn(-c2ccccc2)c1)N1CC(CO)c2ccccc21. The smallest absolute Gasteiger partial charge is 0.267 e. The molecule has 2 heterocycles. The molecule has 1 atom stereocenters. The van der Waals surface area contributed by atoms with Gasteiger partial charge in [-0.3, -0.25) is 4.31 Å². The zero-order chi connectivity index (χ0) is 17.4. The maximum Gasteiger partial charge on any atom is 0.267 e. The Morgan fingerprint density at radius 2 is 1.80 bits per heavy atom. The Bertz CT molecular complexity index is 999. The third kappa shape index (κ3) is 2.61. The molecule has 0 fully saturated rings. The summed E-state index contributed by atoms with van der Waals surface area (Å²) >= 11 is 0. The Morgan fingerprint density at radius 3 is 2.56 bits per heavy atom. The van der Waals surface area contributed by atoms with Crippen molar-refractivity contribution in [2.45, 2.75) is 10.8 Å². The minimum atomic E-state index is -3.74. The van der Waals surface area contributed by atoms with Crippen LogP contribution in [-0.2, 0) is 10.0 Å². The van der Waals surface area contributed by atoms with Gasteiger partial charge in [-0.2, -0.15) is 5.10 Å². The number of hydrogen-bond acceptors (Lipinski definition) is 4. The van der Waals surface area contributed by atoms with E-state index in [1.165, 1.54) is 16.7 Å². The number of benzene rings is 2. The van der Waals surface area contributed by atoms with Gasteiger partial charge in [0.25, 0.3) is 10.0 Å². The van der Waals surface area contributed by atoms with Gasteiger partial charge in [0.15, 0.2) is 0 Å². The molecule has 0 saturated carbocycles. The molecule has 0 saturated heterocycles. The van der Waals surface area contributed by atoms with Crippen LogP contribution in [0, 0.1) is 0 Å². The van der Waals surface area contributed by atoms with Gasteiger partial charge < -0.3 is 5.11 Å². The molecule has 0 aliphatic carbocycles. The van der Waals surface area contributed by atoms with Crippen molar-refractivity contribution >= 4 is 15.7 Å². The highest BCUT2D eigenvalue weighted by Gasteiger charge is 2.36. The van der Waals surface area contributed by atoms with E-state index in [1.54, 1.807) is 16.8 Å². The Balaban J connectivity index is 1.73. The number of nitrogens with zero attached hydrogens (tertiary/aromatic N) is 3. The number of aliphatic hydroxyl groups excluding tert-OH is 1. The van der Waals surface area contributed by atoms with Crippen LogP contribution in [0.1, 0.15) is 11.5 Å². The van der Waals surface area contributed by atoms with Crippen LogP contribution in [0.4, 0.5) is 5.69 Å². The maximum absolute atomic E-state index is 13.1. The number of para-hydroxylation sites is 2. The molecule has 3 aromatic rings. The molecule has 4 rings (SSSR count). The fourth-order valence-electron chi connectivity index (χ4n) is 3.13. The van der Waals surface area contributed by atoms with Crippen molar-refractivity contribution < 1.29 is 13.5 Å². The van der Waals surface area contributed by atoms with Crippen molar-refractivity contribution in [1.29, 1.82) is 0 Å². The molecule has 6 nitrogen and oxygen atoms in total. The summed E-state index contributed by atoms with van der Waals surface area (Å²) in [6, 6.07) is 16.6. The second kappa shape index (κ2) is 6.02. The predicted octanol–water partition coefficient (Wildman–Crippen LogP) is 2.16. The highest BCUT2D eigenvalue weighted by atomic mass is 32.2. The summed E-state index contributed by atoms with van der Waals surface area (Å²) in [6.45, 7) is 0.140. The third-order valence-corrected chi connectivity index (χ3v) is 6.15. The lowest BCUT2D eigenvalue weighted by Crippen LogP contribution is -2.30. The molecule has 1 unspecified atom stereocenters. The summed E-state index contributed by atoms with van der Waals surface area (Å²) in [5.74, 6) is -0.213. The van der Waals surface area contributed by atoms with E-state index in [4.69, 9.17) is 0 Å². The van der Waals surface area contributed by atoms with E-state index < -0.39 is 10.0 Å². The van der Waals surface area contributed by atoms with Crippen LogP contribution in [0.15, 0.2) is 71.9 Å². The van der Waals surface area contributed by atoms with Crippen LogP contribution >= 0.6 is 0 Å². The molecule has 2 aromatic carbocycles. The van der Waals surface area contributed by atoms with E-state index in [-0.39, 0.29) is 24.0 Å². The summed E-state index contributed by atoms with van der Waals surface area (Å²) in [4.78, 5) is 0.129. The quantitative estimate of drug-likeness (QED) is 0.778. The zero-order valence-electron chi connectivity index (χ0n) is 13.4. The first-order valence-corrected chi connectivity index (χ1v) is 9.38. The Hall–Kier alpha value is -2.64. The highest BCUT2D eigenvalue weighted by molar-refractivity contribution is 7.92. The number of hydrogen-bond donors (Lipinski definition) is 1. The number of rotatable bonds is 4. The van der Waals surface area contributed by atoms with E-state index >= 15 is 0 Å². The first-order chi connectivity index (χ1) is 12.1. The summed E-state index contributed by atoms with van der Waals surface area (Å²) < 4.78 is 29.1. The van der Waals surface area contributed by atoms with Crippen molar-refractivity contribution in [2.24, 2.45) is 0 Å². The molecular formula is C18H17N3O3S. The fourth-order valence-corrected chi connectivity index (χ4v) is 4.60. The minimum Gasteiger partial charge on any atom is -0.396 e. The third-order valence-electron chi connectivity index (χ3n) is 4.42. The van der Waals surface area contributed by atoms with Gasteiger partial charge in [0, 0.05) is 12.5 Å². The van der Waals surface area contributed by atoms with E-state index in [9.17, 15) is 13.5 Å². The largest absolute Gasteiger partial charge is 0.396 e. The molecule has 128 valence electrons. The van der Waals surface area contributed by atoms with Crippen LogP contribution in [-0.4, -0.2) is 36.5 Å². The summed E-state index contributed by atoms with van der Waals surface area (Å²) in [5.41, 5.74) is 2.26. The molecule has 25 heavy (non-hydrogen) atoms. The van der Waals surface area contributed by atoms with Crippen molar-refractivity contribution in [1.82, 2.24) is 9.78 Å². The van der Waals surface area contributed by atoms with Crippen LogP contribution in [0.3, 0.4) is 0 Å². The Kier molecular flexibility index (Phi) is 3.82. The van der Waals surface area contributed by atoms with Gasteiger partial charge >= 0.3 is 0 Å². The molecular weight excluding hydrogens is 338 g/mol. The molecule has 1 aliphatic rings. The summed E-state index contributed by atoms with van der Waals surface area (Å²) in [5, 5.41) is 13.8. The normalized spacial score (nSPS) is 16.8. The van der Waals surface area contributed by atoms with Gasteiger partial charge in [-0.05, 0) is 23.8 Å². The standard InChI is InChI=1S/C18H17N3O3S/c22-13-14-11-21(18-9-5-4-8-17(14)18)25(23,24)16-10-19-20(12-16)15-6-2-1-3-7-15/h1-10,12,14,22H,11,13H2. The number of fused-ring (bicyclic) bond motifs is 1. The number of aliphatic hydroxyl groups is 1. The summed E-state index contributed by atoms with van der Waals surface area (Å²) in [6.07, 6.45) is 2.87. The first kappa shape index (κ1) is 15.9. The average molecular weight is 355 g/mol. The topological polar surface area (TPSA) is 75.4 Å². The number of aromatic nitrogens is 2. The second-order valence-electron chi connectivity index (χ2n) is 5.93. The number of anilines is 1. The van der Waals surface area contributed by atoms with Gasteiger partial charge in [0.1, 0.15) is 4.90 Å². The van der Waals surface area contributed by atoms with Crippen LogP contribution < -0.4 is 4.31 Å². The van der Waals surface area contributed by atoms with Crippen LogP contribution in [0.5, 0.6) is 0 Å². The second-order valence-corrected chi connectivity index (χ2v) is 7.79. The Morgan fingerprint density at radius 1 is 1.08 bits per heavy atom. The molecule has 1 aliphatic heterocycles. The fraction of sp³-hybridized carbons (Fsp3) is 0.167. The molecule has 0 bridgehead atoms. The zero-order valence-corrected chi connectivity index (χ0v) is 14.2. The molecule has 7 heteroatoms. The van der Waals surface area contributed by atoms with Crippen molar-refractivity contribution in [3.8, 4) is 5.69 Å². The van der Waals surface area contributed by atoms with E-state index in [1.807, 2.05) is 42.5 Å². The van der Waals surface area contributed by atoms with E-state index in [0.29, 0.717) is 5.69 Å². The molecule has 0 amide bonds. The first-order valence-electron chi connectivity index (χ1n) is 7.94. The van der Waals surface area contributed by atoms with Crippen LogP contribution in [0.2, 0.25) is 0 Å². The van der Waals surface area contributed by atoms with E-state index in [2.05, 4.69) is 5.10 Å². The van der Waals surface area contributed by atoms with Crippen LogP contribution in [0.25, 0.3) is 5.69 Å². The average Bonchev–Trinajstić information content (AvgIpc) is 3.28. The van der Waals surface area contributed by atoms with Gasteiger partial charge in [-0.25, -0.2) is 13.1 Å². The van der Waals surface area contributed by atoms with Gasteiger partial charge in [0.05, 0.1) is 30.4 Å². The lowest BCUT2D eigenvalue weighted by atomic mass is 10.0. The van der Waals surface area contributed by atoms with Crippen molar-refractivity contribution in [3.05, 3.63) is 72.6 Å². The lowest BCUT2D eigenvalue weighted by Gasteiger charge is -2.18. The van der Waals surface area contributed by atoms with Crippen molar-refractivity contribution in [2.75, 3.05) is 17.5 Å². The predicted molar refractivity (Wildman–Crippen MR) is 94.4 cm³/mol. The van der Waals surface area contributed by atoms with Gasteiger partial charge in [0.2, 0.25) is 0 Å². The molecule has 1 N–H and O–H groups in total. The number of sulfonamides is 1. The molecule has 0 radical (unpaired) electrons. The Labute approximate surface area is 146 Å². The van der Waals surface area contributed by atoms with Crippen molar-refractivity contribution in [3.63, 3.8) is 0 Å². The minimum absolute atomic E-state index is 0.0910.